The van der Waals surface area contributed by atoms with Gasteiger partial charge in [-0.05, 0) is 55.8 Å². The van der Waals surface area contributed by atoms with Gasteiger partial charge in [-0.25, -0.2) is 9.97 Å². The number of rotatable bonds is 2. The van der Waals surface area contributed by atoms with Gasteiger partial charge in [0, 0.05) is 18.1 Å². The molecule has 0 amide bonds. The van der Waals surface area contributed by atoms with Gasteiger partial charge in [-0.3, -0.25) is 4.98 Å². The van der Waals surface area contributed by atoms with Crippen molar-refractivity contribution in [3.63, 3.8) is 0 Å². The van der Waals surface area contributed by atoms with E-state index in [4.69, 9.17) is 10.7 Å². The molecule has 1 unspecified atom stereocenters. The van der Waals surface area contributed by atoms with Crippen molar-refractivity contribution < 1.29 is 0 Å². The van der Waals surface area contributed by atoms with Crippen molar-refractivity contribution in [1.29, 1.82) is 0 Å². The number of fused-ring (bicyclic) bond motifs is 1. The van der Waals surface area contributed by atoms with Crippen molar-refractivity contribution in [1.82, 2.24) is 15.0 Å². The highest BCUT2D eigenvalue weighted by Gasteiger charge is 2.20. The van der Waals surface area contributed by atoms with Crippen molar-refractivity contribution in [2.24, 2.45) is 11.7 Å². The Balaban J connectivity index is 1.97. The summed E-state index contributed by atoms with van der Waals surface area (Å²) in [5, 5.41) is 0. The first-order chi connectivity index (χ1) is 9.28. The van der Waals surface area contributed by atoms with Crippen molar-refractivity contribution >= 4 is 0 Å². The highest BCUT2D eigenvalue weighted by Crippen LogP contribution is 2.25. The van der Waals surface area contributed by atoms with Crippen LogP contribution < -0.4 is 5.73 Å². The molecule has 98 valence electrons. The maximum absolute atomic E-state index is 5.75. The van der Waals surface area contributed by atoms with Gasteiger partial charge in [0.2, 0.25) is 0 Å². The molecule has 4 nitrogen and oxygen atoms in total. The minimum Gasteiger partial charge on any atom is -0.330 e. The molecule has 0 bridgehead atoms. The van der Waals surface area contributed by atoms with Crippen LogP contribution in [0.5, 0.6) is 0 Å². The van der Waals surface area contributed by atoms with Crippen LogP contribution in [-0.4, -0.2) is 21.5 Å². The van der Waals surface area contributed by atoms with Crippen LogP contribution in [0.4, 0.5) is 0 Å². The first-order valence-electron chi connectivity index (χ1n) is 6.74. The van der Waals surface area contributed by atoms with E-state index in [9.17, 15) is 0 Å². The van der Waals surface area contributed by atoms with E-state index >= 15 is 0 Å². The zero-order valence-electron chi connectivity index (χ0n) is 11.1. The lowest BCUT2D eigenvalue weighted by molar-refractivity contribution is 0.462. The average molecular weight is 254 g/mol. The SMILES string of the molecule is Cc1cccnc1-c1ncc2c(n1)CCC(CN)C2. The van der Waals surface area contributed by atoms with Crippen LogP contribution in [0.2, 0.25) is 0 Å². The van der Waals surface area contributed by atoms with E-state index in [2.05, 4.69) is 9.97 Å². The second-order valence-electron chi connectivity index (χ2n) is 5.18. The van der Waals surface area contributed by atoms with Crippen molar-refractivity contribution in [3.8, 4) is 11.5 Å². The third-order valence-corrected chi connectivity index (χ3v) is 3.81. The topological polar surface area (TPSA) is 64.7 Å². The molecule has 2 heterocycles. The number of aryl methyl sites for hydroxylation is 2. The maximum Gasteiger partial charge on any atom is 0.178 e. The molecule has 2 aromatic rings. The lowest BCUT2D eigenvalue weighted by Crippen LogP contribution is -2.23. The predicted molar refractivity (Wildman–Crippen MR) is 74.6 cm³/mol. The molecule has 3 rings (SSSR count). The number of hydrogen-bond acceptors (Lipinski definition) is 4. The Hall–Kier alpha value is -1.81. The fourth-order valence-electron chi connectivity index (χ4n) is 2.62. The Morgan fingerprint density at radius 2 is 2.26 bits per heavy atom. The molecule has 2 aromatic heterocycles. The highest BCUT2D eigenvalue weighted by molar-refractivity contribution is 5.54. The molecule has 0 spiro atoms. The molecule has 19 heavy (non-hydrogen) atoms. The molecular formula is C15H18N4. The van der Waals surface area contributed by atoms with E-state index in [0.29, 0.717) is 5.92 Å². The molecule has 1 atom stereocenters. The van der Waals surface area contributed by atoms with Gasteiger partial charge in [0.15, 0.2) is 5.82 Å². The van der Waals surface area contributed by atoms with E-state index in [-0.39, 0.29) is 0 Å². The molecule has 2 N–H and O–H groups in total. The second kappa shape index (κ2) is 5.05. The third-order valence-electron chi connectivity index (χ3n) is 3.81. The lowest BCUT2D eigenvalue weighted by atomic mass is 9.87. The number of aromatic nitrogens is 3. The van der Waals surface area contributed by atoms with Gasteiger partial charge in [0.25, 0.3) is 0 Å². The number of nitrogens with zero attached hydrogens (tertiary/aromatic N) is 3. The highest BCUT2D eigenvalue weighted by atomic mass is 14.9. The van der Waals surface area contributed by atoms with Gasteiger partial charge >= 0.3 is 0 Å². The standard InChI is InChI=1S/C15H18N4/c1-10-3-2-6-17-14(10)15-18-9-12-7-11(8-16)4-5-13(12)19-15/h2-3,6,9,11H,4-5,7-8,16H2,1H3. The fraction of sp³-hybridized carbons (Fsp3) is 0.400. The zero-order chi connectivity index (χ0) is 13.2. The van der Waals surface area contributed by atoms with Crippen LogP contribution in [0.1, 0.15) is 23.2 Å². The Morgan fingerprint density at radius 3 is 3.05 bits per heavy atom. The quantitative estimate of drug-likeness (QED) is 0.889. The largest absolute Gasteiger partial charge is 0.330 e. The normalized spacial score (nSPS) is 18.1. The summed E-state index contributed by atoms with van der Waals surface area (Å²) in [5.74, 6) is 1.32. The summed E-state index contributed by atoms with van der Waals surface area (Å²) in [7, 11) is 0. The molecule has 1 aliphatic rings. The van der Waals surface area contributed by atoms with Crippen LogP contribution in [0.25, 0.3) is 11.5 Å². The average Bonchev–Trinajstić information content (AvgIpc) is 2.46. The van der Waals surface area contributed by atoms with Crippen LogP contribution >= 0.6 is 0 Å². The molecule has 0 fully saturated rings. The molecule has 1 aliphatic carbocycles. The fourth-order valence-corrected chi connectivity index (χ4v) is 2.62. The van der Waals surface area contributed by atoms with E-state index < -0.39 is 0 Å². The van der Waals surface area contributed by atoms with Gasteiger partial charge in [0.05, 0.1) is 0 Å². The monoisotopic (exact) mass is 254 g/mol. The summed E-state index contributed by atoms with van der Waals surface area (Å²) in [6, 6.07) is 3.97. The summed E-state index contributed by atoms with van der Waals surface area (Å²) in [6.45, 7) is 2.79. The Labute approximate surface area is 113 Å². The minimum absolute atomic E-state index is 0.582. The van der Waals surface area contributed by atoms with E-state index in [0.717, 1.165) is 42.9 Å². The van der Waals surface area contributed by atoms with E-state index in [1.54, 1.807) is 6.20 Å². The molecular weight excluding hydrogens is 236 g/mol. The van der Waals surface area contributed by atoms with Crippen molar-refractivity contribution in [3.05, 3.63) is 41.3 Å². The summed E-state index contributed by atoms with van der Waals surface area (Å²) in [6.07, 6.45) is 6.87. The molecule has 0 saturated heterocycles. The Kier molecular flexibility index (Phi) is 3.25. The molecule has 4 heteroatoms. The minimum atomic E-state index is 0.582. The first-order valence-corrected chi connectivity index (χ1v) is 6.74. The summed E-state index contributed by atoms with van der Waals surface area (Å²) < 4.78 is 0. The van der Waals surface area contributed by atoms with Crippen LogP contribution in [0.3, 0.4) is 0 Å². The number of hydrogen-bond donors (Lipinski definition) is 1. The smallest absolute Gasteiger partial charge is 0.178 e. The van der Waals surface area contributed by atoms with Crippen LogP contribution in [0, 0.1) is 12.8 Å². The Bertz CT molecular complexity index is 594. The zero-order valence-corrected chi connectivity index (χ0v) is 11.1. The Morgan fingerprint density at radius 1 is 1.37 bits per heavy atom. The van der Waals surface area contributed by atoms with Gasteiger partial charge in [0.1, 0.15) is 5.69 Å². The van der Waals surface area contributed by atoms with Crippen LogP contribution in [0.15, 0.2) is 24.5 Å². The van der Waals surface area contributed by atoms with E-state index in [1.165, 1.54) is 11.3 Å². The molecule has 0 radical (unpaired) electrons. The van der Waals surface area contributed by atoms with Gasteiger partial charge in [-0.1, -0.05) is 6.07 Å². The summed E-state index contributed by atoms with van der Waals surface area (Å²) in [4.78, 5) is 13.6. The second-order valence-corrected chi connectivity index (χ2v) is 5.18. The van der Waals surface area contributed by atoms with Crippen molar-refractivity contribution in [2.75, 3.05) is 6.54 Å². The summed E-state index contributed by atoms with van der Waals surface area (Å²) >= 11 is 0. The van der Waals surface area contributed by atoms with Gasteiger partial charge in [-0.15, -0.1) is 0 Å². The first kappa shape index (κ1) is 12.2. The number of pyridine rings is 1. The van der Waals surface area contributed by atoms with Crippen molar-refractivity contribution in [2.45, 2.75) is 26.2 Å². The molecule has 0 aliphatic heterocycles. The van der Waals surface area contributed by atoms with Crippen LogP contribution in [-0.2, 0) is 12.8 Å². The molecule has 0 aromatic carbocycles. The summed E-state index contributed by atoms with van der Waals surface area (Å²) in [5.41, 5.74) is 10.2. The lowest BCUT2D eigenvalue weighted by Gasteiger charge is -2.22. The van der Waals surface area contributed by atoms with E-state index in [1.807, 2.05) is 25.3 Å². The molecule has 0 saturated carbocycles. The predicted octanol–water partition coefficient (Wildman–Crippen LogP) is 1.91. The number of nitrogens with two attached hydrogens (primary N) is 1. The maximum atomic E-state index is 5.75. The third kappa shape index (κ3) is 2.36. The van der Waals surface area contributed by atoms with Gasteiger partial charge < -0.3 is 5.73 Å². The van der Waals surface area contributed by atoms with Gasteiger partial charge in [-0.2, -0.15) is 0 Å².